The monoisotopic (exact) mass is 521 g/mol. The molecular weight excluding hydrogens is 494 g/mol. The SMILES string of the molecule is COc1c(Cl)cc2c(c1-c1nnn(C(c3ccccc3)(c3ccccc3)c3ccccc3)n1)N(C)CCC2. The maximum atomic E-state index is 6.72. The third kappa shape index (κ3) is 3.84. The molecule has 4 aromatic carbocycles. The van der Waals surface area contributed by atoms with Gasteiger partial charge in [0.15, 0.2) is 11.3 Å². The molecule has 7 heteroatoms. The highest BCUT2D eigenvalue weighted by atomic mass is 35.5. The summed E-state index contributed by atoms with van der Waals surface area (Å²) in [5, 5.41) is 15.0. The van der Waals surface area contributed by atoms with Crippen LogP contribution in [0.4, 0.5) is 5.69 Å². The average molecular weight is 522 g/mol. The van der Waals surface area contributed by atoms with Crippen molar-refractivity contribution in [3.63, 3.8) is 0 Å². The topological polar surface area (TPSA) is 56.1 Å². The lowest BCUT2D eigenvalue weighted by Gasteiger charge is -2.34. The highest BCUT2D eigenvalue weighted by Gasteiger charge is 2.41. The van der Waals surface area contributed by atoms with Crippen molar-refractivity contribution in [3.05, 3.63) is 124 Å². The molecule has 1 aliphatic heterocycles. The van der Waals surface area contributed by atoms with Gasteiger partial charge in [-0.25, -0.2) is 0 Å². The van der Waals surface area contributed by atoms with Crippen molar-refractivity contribution in [2.45, 2.75) is 18.4 Å². The van der Waals surface area contributed by atoms with Crippen molar-refractivity contribution >= 4 is 17.3 Å². The summed E-state index contributed by atoms with van der Waals surface area (Å²) in [5.41, 5.74) is 5.20. The van der Waals surface area contributed by atoms with Crippen LogP contribution in [0.2, 0.25) is 5.02 Å². The zero-order chi connectivity index (χ0) is 26.1. The van der Waals surface area contributed by atoms with E-state index in [1.807, 2.05) is 60.7 Å². The zero-order valence-electron chi connectivity index (χ0n) is 21.4. The van der Waals surface area contributed by atoms with E-state index in [4.69, 9.17) is 26.6 Å². The van der Waals surface area contributed by atoms with Crippen LogP contribution in [-0.2, 0) is 12.0 Å². The molecule has 1 aromatic heterocycles. The van der Waals surface area contributed by atoms with Crippen molar-refractivity contribution in [2.75, 3.05) is 25.6 Å². The Balaban J connectivity index is 1.66. The number of tetrazole rings is 1. The number of ether oxygens (including phenoxy) is 1. The Labute approximate surface area is 227 Å². The van der Waals surface area contributed by atoms with E-state index in [1.165, 1.54) is 0 Å². The van der Waals surface area contributed by atoms with Crippen LogP contribution < -0.4 is 9.64 Å². The van der Waals surface area contributed by atoms with Crippen molar-refractivity contribution in [3.8, 4) is 17.1 Å². The second kappa shape index (κ2) is 9.95. The molecule has 0 N–H and O–H groups in total. The number of rotatable bonds is 6. The lowest BCUT2D eigenvalue weighted by molar-refractivity contribution is 0.395. The summed E-state index contributed by atoms with van der Waals surface area (Å²) in [4.78, 5) is 3.96. The summed E-state index contributed by atoms with van der Waals surface area (Å²) >= 11 is 6.72. The van der Waals surface area contributed by atoms with Gasteiger partial charge in [0.2, 0.25) is 5.82 Å². The van der Waals surface area contributed by atoms with Crippen molar-refractivity contribution < 1.29 is 4.74 Å². The number of anilines is 1. The molecule has 2 heterocycles. The van der Waals surface area contributed by atoms with Gasteiger partial charge >= 0.3 is 0 Å². The normalized spacial score (nSPS) is 13.3. The van der Waals surface area contributed by atoms with Crippen LogP contribution in [0.25, 0.3) is 11.4 Å². The van der Waals surface area contributed by atoms with Crippen LogP contribution in [0, 0.1) is 0 Å². The Morgan fingerprint density at radius 2 is 1.39 bits per heavy atom. The van der Waals surface area contributed by atoms with Crippen LogP contribution in [0.15, 0.2) is 97.1 Å². The van der Waals surface area contributed by atoms with Gasteiger partial charge in [-0.05, 0) is 46.4 Å². The summed E-state index contributed by atoms with van der Waals surface area (Å²) in [6.45, 7) is 0.931. The van der Waals surface area contributed by atoms with Gasteiger partial charge in [-0.1, -0.05) is 103 Å². The van der Waals surface area contributed by atoms with Crippen LogP contribution in [0.5, 0.6) is 5.75 Å². The summed E-state index contributed by atoms with van der Waals surface area (Å²) < 4.78 is 5.82. The highest BCUT2D eigenvalue weighted by Crippen LogP contribution is 2.46. The van der Waals surface area contributed by atoms with Gasteiger partial charge in [0, 0.05) is 13.6 Å². The average Bonchev–Trinajstić information content (AvgIpc) is 3.45. The maximum Gasteiger partial charge on any atom is 0.210 e. The Hall–Kier alpha value is -4.16. The van der Waals surface area contributed by atoms with Gasteiger partial charge in [0.1, 0.15) is 0 Å². The van der Waals surface area contributed by atoms with Gasteiger partial charge in [0.25, 0.3) is 0 Å². The van der Waals surface area contributed by atoms with E-state index in [2.05, 4.69) is 53.4 Å². The Bertz CT molecular complexity index is 1460. The van der Waals surface area contributed by atoms with Crippen molar-refractivity contribution in [1.29, 1.82) is 0 Å². The second-order valence-electron chi connectivity index (χ2n) is 9.51. The second-order valence-corrected chi connectivity index (χ2v) is 9.92. The van der Waals surface area contributed by atoms with Gasteiger partial charge in [-0.3, -0.25) is 0 Å². The number of methoxy groups -OCH3 is 1. The van der Waals surface area contributed by atoms with E-state index >= 15 is 0 Å². The molecule has 6 rings (SSSR count). The van der Waals surface area contributed by atoms with Crippen LogP contribution in [0.1, 0.15) is 28.7 Å². The van der Waals surface area contributed by atoms with E-state index < -0.39 is 5.54 Å². The van der Waals surface area contributed by atoms with E-state index in [1.54, 1.807) is 11.9 Å². The first kappa shape index (κ1) is 24.2. The van der Waals surface area contributed by atoms with E-state index in [0.29, 0.717) is 16.6 Å². The maximum absolute atomic E-state index is 6.72. The first-order chi connectivity index (χ1) is 18.6. The zero-order valence-corrected chi connectivity index (χ0v) is 22.1. The Morgan fingerprint density at radius 3 is 1.92 bits per heavy atom. The molecule has 0 bridgehead atoms. The van der Waals surface area contributed by atoms with Gasteiger partial charge in [0.05, 0.1) is 23.4 Å². The molecule has 0 saturated carbocycles. The highest BCUT2D eigenvalue weighted by molar-refractivity contribution is 6.33. The van der Waals surface area contributed by atoms with Crippen molar-refractivity contribution in [1.82, 2.24) is 20.2 Å². The molecule has 5 aromatic rings. The van der Waals surface area contributed by atoms with Crippen LogP contribution in [0.3, 0.4) is 0 Å². The third-order valence-corrected chi connectivity index (χ3v) is 7.60. The lowest BCUT2D eigenvalue weighted by atomic mass is 9.77. The molecular formula is C31H28ClN5O. The van der Waals surface area contributed by atoms with E-state index in [-0.39, 0.29) is 0 Å². The number of nitrogens with zero attached hydrogens (tertiary/aromatic N) is 5. The van der Waals surface area contributed by atoms with Gasteiger partial charge in [-0.2, -0.15) is 0 Å². The van der Waals surface area contributed by atoms with Gasteiger partial charge < -0.3 is 9.64 Å². The Morgan fingerprint density at radius 1 is 0.842 bits per heavy atom. The molecule has 6 nitrogen and oxygen atoms in total. The van der Waals surface area contributed by atoms with Crippen LogP contribution >= 0.6 is 11.6 Å². The van der Waals surface area contributed by atoms with Crippen LogP contribution in [-0.4, -0.2) is 40.9 Å². The number of hydrogen-bond donors (Lipinski definition) is 0. The molecule has 38 heavy (non-hydrogen) atoms. The fourth-order valence-corrected chi connectivity index (χ4v) is 5.97. The predicted molar refractivity (Wildman–Crippen MR) is 151 cm³/mol. The molecule has 0 atom stereocenters. The summed E-state index contributed by atoms with van der Waals surface area (Å²) in [5.74, 6) is 1.03. The minimum atomic E-state index is -0.854. The first-order valence-corrected chi connectivity index (χ1v) is 13.1. The molecule has 0 unspecified atom stereocenters. The number of halogens is 1. The number of hydrogen-bond acceptors (Lipinski definition) is 5. The quantitative estimate of drug-likeness (QED) is 0.248. The predicted octanol–water partition coefficient (Wildman–Crippen LogP) is 6.22. The summed E-state index contributed by atoms with van der Waals surface area (Å²) in [6.07, 6.45) is 2.00. The van der Waals surface area contributed by atoms with Crippen molar-refractivity contribution in [2.24, 2.45) is 0 Å². The molecule has 0 fully saturated rings. The lowest BCUT2D eigenvalue weighted by Crippen LogP contribution is -2.39. The van der Waals surface area contributed by atoms with E-state index in [0.717, 1.165) is 52.9 Å². The largest absolute Gasteiger partial charge is 0.494 e. The molecule has 0 radical (unpaired) electrons. The fraction of sp³-hybridized carbons (Fsp3) is 0.194. The number of fused-ring (bicyclic) bond motifs is 1. The number of aromatic nitrogens is 4. The molecule has 0 amide bonds. The van der Waals surface area contributed by atoms with Gasteiger partial charge in [-0.15, -0.1) is 15.0 Å². The summed E-state index contributed by atoms with van der Waals surface area (Å²) in [6, 6.07) is 33.0. The van der Waals surface area contributed by atoms with E-state index in [9.17, 15) is 0 Å². The standard InChI is InChI=1S/C31H28ClN5O/c1-36-20-12-13-22-21-26(32)29(38-2)27(28(22)36)30-33-35-37(34-30)31(23-14-6-3-7-15-23,24-16-8-4-9-17-24)25-18-10-5-11-19-25/h3-11,14-19,21H,12-13,20H2,1-2H3. The molecule has 0 spiro atoms. The first-order valence-electron chi connectivity index (χ1n) is 12.7. The fourth-order valence-electron chi connectivity index (χ4n) is 5.67. The molecule has 0 saturated heterocycles. The summed E-state index contributed by atoms with van der Waals surface area (Å²) in [7, 11) is 3.72. The smallest absolute Gasteiger partial charge is 0.210 e. The number of aryl methyl sites for hydroxylation is 1. The molecule has 0 aliphatic carbocycles. The minimum absolute atomic E-state index is 0.474. The number of benzene rings is 4. The minimum Gasteiger partial charge on any atom is -0.494 e. The molecule has 190 valence electrons. The third-order valence-electron chi connectivity index (χ3n) is 7.32. The Kier molecular flexibility index (Phi) is 6.34. The molecule has 1 aliphatic rings.